The molecule has 31 heavy (non-hydrogen) atoms. The van der Waals surface area contributed by atoms with Crippen molar-refractivity contribution >= 4 is 29.0 Å². The summed E-state index contributed by atoms with van der Waals surface area (Å²) in [5.41, 5.74) is 1.00. The molecule has 1 N–H and O–H groups in total. The Bertz CT molecular complexity index is 1010. The molecule has 7 nitrogen and oxygen atoms in total. The Morgan fingerprint density at radius 3 is 2.35 bits per heavy atom. The fourth-order valence-electron chi connectivity index (χ4n) is 3.05. The molecule has 0 saturated carbocycles. The van der Waals surface area contributed by atoms with Crippen molar-refractivity contribution < 1.29 is 14.3 Å². The molecule has 3 aromatic rings. The van der Waals surface area contributed by atoms with Gasteiger partial charge in [0.1, 0.15) is 11.8 Å². The fraction of sp³-hybridized carbons (Fsp3) is 0.304. The van der Waals surface area contributed by atoms with Crippen molar-refractivity contribution in [3.05, 3.63) is 71.2 Å². The standard InChI is InChI=1S/C23H26N4O3S/c1-5-23(2,3)24-21(28)20(16-9-7-6-8-10-16)27(22(29)19-15-31-26-25-19)17-11-13-18(30-4)14-12-17/h6-15,20H,5H2,1-4H3,(H,24,28)/t20-/m1/s1. The second kappa shape index (κ2) is 9.70. The Hall–Kier alpha value is -3.26. The third-order valence-corrected chi connectivity index (χ3v) is 5.62. The molecular formula is C23H26N4O3S. The van der Waals surface area contributed by atoms with Gasteiger partial charge >= 0.3 is 0 Å². The van der Waals surface area contributed by atoms with Gasteiger partial charge in [0.2, 0.25) is 5.91 Å². The van der Waals surface area contributed by atoms with E-state index in [0.717, 1.165) is 18.0 Å². The molecule has 0 saturated heterocycles. The van der Waals surface area contributed by atoms with E-state index in [2.05, 4.69) is 14.9 Å². The van der Waals surface area contributed by atoms with Gasteiger partial charge in [-0.2, -0.15) is 0 Å². The molecule has 162 valence electrons. The minimum Gasteiger partial charge on any atom is -0.497 e. The lowest BCUT2D eigenvalue weighted by molar-refractivity contribution is -0.124. The highest BCUT2D eigenvalue weighted by Gasteiger charge is 2.36. The summed E-state index contributed by atoms with van der Waals surface area (Å²) in [7, 11) is 1.58. The first kappa shape index (κ1) is 22.4. The van der Waals surface area contributed by atoms with Gasteiger partial charge in [-0.25, -0.2) is 0 Å². The summed E-state index contributed by atoms with van der Waals surface area (Å²) in [4.78, 5) is 28.6. The third-order valence-electron chi connectivity index (χ3n) is 5.12. The van der Waals surface area contributed by atoms with Crippen molar-refractivity contribution in [1.82, 2.24) is 14.9 Å². The molecule has 0 bridgehead atoms. The molecule has 0 aliphatic rings. The van der Waals surface area contributed by atoms with Crippen LogP contribution in [0.25, 0.3) is 0 Å². The van der Waals surface area contributed by atoms with Crippen molar-refractivity contribution in [2.24, 2.45) is 0 Å². The summed E-state index contributed by atoms with van der Waals surface area (Å²) in [6, 6.07) is 15.4. The topological polar surface area (TPSA) is 84.4 Å². The van der Waals surface area contributed by atoms with Gasteiger partial charge in [0.05, 0.1) is 7.11 Å². The van der Waals surface area contributed by atoms with Crippen molar-refractivity contribution in [3.63, 3.8) is 0 Å². The number of ether oxygens (including phenoxy) is 1. The highest BCUT2D eigenvalue weighted by molar-refractivity contribution is 7.03. The smallest absolute Gasteiger partial charge is 0.280 e. The van der Waals surface area contributed by atoms with E-state index in [0.29, 0.717) is 17.0 Å². The molecule has 1 heterocycles. The van der Waals surface area contributed by atoms with Crippen LogP contribution >= 0.6 is 11.5 Å². The molecular weight excluding hydrogens is 412 g/mol. The van der Waals surface area contributed by atoms with Crippen LogP contribution in [0.3, 0.4) is 0 Å². The van der Waals surface area contributed by atoms with E-state index in [1.54, 1.807) is 36.8 Å². The maximum absolute atomic E-state index is 13.6. The Labute approximate surface area is 186 Å². The van der Waals surface area contributed by atoms with Crippen LogP contribution < -0.4 is 15.0 Å². The average Bonchev–Trinajstić information content (AvgIpc) is 3.32. The van der Waals surface area contributed by atoms with Crippen LogP contribution in [0.15, 0.2) is 60.0 Å². The molecule has 0 fully saturated rings. The van der Waals surface area contributed by atoms with E-state index in [4.69, 9.17) is 4.74 Å². The molecule has 0 aliphatic carbocycles. The molecule has 0 aliphatic heterocycles. The zero-order chi connectivity index (χ0) is 22.4. The summed E-state index contributed by atoms with van der Waals surface area (Å²) in [5.74, 6) is -0.0260. The molecule has 8 heteroatoms. The minimum absolute atomic E-state index is 0.185. The van der Waals surface area contributed by atoms with E-state index in [9.17, 15) is 9.59 Å². The highest BCUT2D eigenvalue weighted by atomic mass is 32.1. The second-order valence-corrected chi connectivity index (χ2v) is 8.31. The molecule has 0 radical (unpaired) electrons. The maximum atomic E-state index is 13.6. The van der Waals surface area contributed by atoms with Crippen LogP contribution in [0.4, 0.5) is 5.69 Å². The number of amides is 2. The van der Waals surface area contributed by atoms with Gasteiger partial charge in [-0.3, -0.25) is 14.5 Å². The number of nitrogens with zero attached hydrogens (tertiary/aromatic N) is 3. The first-order chi connectivity index (χ1) is 14.9. The summed E-state index contributed by atoms with van der Waals surface area (Å²) in [6.07, 6.45) is 0.743. The molecule has 2 amide bonds. The quantitative estimate of drug-likeness (QED) is 0.569. The van der Waals surface area contributed by atoms with Crippen molar-refractivity contribution in [1.29, 1.82) is 0 Å². The monoisotopic (exact) mass is 438 g/mol. The van der Waals surface area contributed by atoms with Crippen LogP contribution in [-0.4, -0.2) is 34.1 Å². The number of hydrogen-bond acceptors (Lipinski definition) is 6. The first-order valence-electron chi connectivity index (χ1n) is 9.98. The molecule has 1 aromatic heterocycles. The third kappa shape index (κ3) is 5.27. The average molecular weight is 439 g/mol. The Morgan fingerprint density at radius 1 is 1.13 bits per heavy atom. The number of rotatable bonds is 8. The van der Waals surface area contributed by atoms with Gasteiger partial charge < -0.3 is 10.1 Å². The SMILES string of the molecule is CCC(C)(C)NC(=O)[C@@H](c1ccccc1)N(C(=O)c1csnn1)c1ccc(OC)cc1. The Balaban J connectivity index is 2.13. The lowest BCUT2D eigenvalue weighted by atomic mass is 9.98. The van der Waals surface area contributed by atoms with Gasteiger partial charge in [-0.1, -0.05) is 41.7 Å². The van der Waals surface area contributed by atoms with Crippen molar-refractivity contribution in [3.8, 4) is 5.75 Å². The van der Waals surface area contributed by atoms with E-state index >= 15 is 0 Å². The zero-order valence-corrected chi connectivity index (χ0v) is 18.8. The second-order valence-electron chi connectivity index (χ2n) is 7.70. The summed E-state index contributed by atoms with van der Waals surface area (Å²) >= 11 is 1.09. The normalized spacial score (nSPS) is 12.1. The summed E-state index contributed by atoms with van der Waals surface area (Å²) in [6.45, 7) is 5.92. The maximum Gasteiger partial charge on any atom is 0.280 e. The number of aromatic nitrogens is 2. The van der Waals surface area contributed by atoms with Crippen LogP contribution in [0.5, 0.6) is 5.75 Å². The van der Waals surface area contributed by atoms with Gasteiger partial charge in [0, 0.05) is 16.6 Å². The predicted molar refractivity (Wildman–Crippen MR) is 121 cm³/mol. The Morgan fingerprint density at radius 2 is 1.81 bits per heavy atom. The zero-order valence-electron chi connectivity index (χ0n) is 18.0. The number of carbonyl (C=O) groups excluding carboxylic acids is 2. The van der Waals surface area contributed by atoms with Gasteiger partial charge in [-0.15, -0.1) is 5.10 Å². The lowest BCUT2D eigenvalue weighted by Crippen LogP contribution is -2.50. The number of hydrogen-bond donors (Lipinski definition) is 1. The van der Waals surface area contributed by atoms with Gasteiger partial charge in [-0.05, 0) is 61.6 Å². The molecule has 0 unspecified atom stereocenters. The van der Waals surface area contributed by atoms with E-state index in [-0.39, 0.29) is 11.6 Å². The predicted octanol–water partition coefficient (Wildman–Crippen LogP) is 4.24. The van der Waals surface area contributed by atoms with Crippen LogP contribution in [0, 0.1) is 0 Å². The van der Waals surface area contributed by atoms with Crippen LogP contribution in [0.2, 0.25) is 0 Å². The van der Waals surface area contributed by atoms with E-state index in [1.807, 2.05) is 51.1 Å². The molecule has 3 rings (SSSR count). The summed E-state index contributed by atoms with van der Waals surface area (Å²) < 4.78 is 9.07. The van der Waals surface area contributed by atoms with E-state index < -0.39 is 17.5 Å². The molecule has 1 atom stereocenters. The first-order valence-corrected chi connectivity index (χ1v) is 10.8. The largest absolute Gasteiger partial charge is 0.497 e. The molecule has 0 spiro atoms. The van der Waals surface area contributed by atoms with Crippen molar-refractivity contribution in [2.45, 2.75) is 38.8 Å². The van der Waals surface area contributed by atoms with Crippen LogP contribution in [-0.2, 0) is 4.79 Å². The Kier molecular flexibility index (Phi) is 7.02. The lowest BCUT2D eigenvalue weighted by Gasteiger charge is -2.34. The van der Waals surface area contributed by atoms with Gasteiger partial charge in [0.15, 0.2) is 5.69 Å². The number of methoxy groups -OCH3 is 1. The van der Waals surface area contributed by atoms with Crippen molar-refractivity contribution in [2.75, 3.05) is 12.0 Å². The summed E-state index contributed by atoms with van der Waals surface area (Å²) in [5, 5.41) is 8.61. The number of benzene rings is 2. The number of nitrogens with one attached hydrogen (secondary N) is 1. The minimum atomic E-state index is -0.894. The van der Waals surface area contributed by atoms with Gasteiger partial charge in [0.25, 0.3) is 5.91 Å². The van der Waals surface area contributed by atoms with Crippen LogP contribution in [0.1, 0.15) is 49.3 Å². The number of anilines is 1. The number of carbonyl (C=O) groups is 2. The fourth-order valence-corrected chi connectivity index (χ4v) is 3.48. The molecule has 2 aromatic carbocycles. The highest BCUT2D eigenvalue weighted by Crippen LogP contribution is 2.31. The van der Waals surface area contributed by atoms with E-state index in [1.165, 1.54) is 4.90 Å².